The molecule has 1 atom stereocenters. The maximum atomic E-state index is 12.0. The van der Waals surface area contributed by atoms with Crippen molar-refractivity contribution in [2.75, 3.05) is 19.8 Å². The molecular formula is C11H15F3O5. The smallest absolute Gasteiger partial charge is 0.414 e. The van der Waals surface area contributed by atoms with Gasteiger partial charge in [0.25, 0.3) is 0 Å². The highest BCUT2D eigenvalue weighted by Gasteiger charge is 2.36. The Morgan fingerprint density at radius 3 is 2.26 bits per heavy atom. The largest absolute Gasteiger partial charge is 0.461 e. The summed E-state index contributed by atoms with van der Waals surface area (Å²) in [5.41, 5.74) is 0.120. The molecule has 0 bridgehead atoms. The highest BCUT2D eigenvalue weighted by atomic mass is 19.4. The molecule has 0 saturated heterocycles. The quantitative estimate of drug-likeness (QED) is 0.404. The van der Waals surface area contributed by atoms with Crippen molar-refractivity contribution in [3.05, 3.63) is 12.2 Å². The van der Waals surface area contributed by atoms with Crippen LogP contribution >= 0.6 is 0 Å². The van der Waals surface area contributed by atoms with E-state index in [0.717, 1.165) is 6.92 Å². The molecule has 0 amide bonds. The van der Waals surface area contributed by atoms with E-state index < -0.39 is 37.4 Å². The molecule has 5 nitrogen and oxygen atoms in total. The summed E-state index contributed by atoms with van der Waals surface area (Å²) >= 11 is 0. The third-order valence-electron chi connectivity index (χ3n) is 1.84. The van der Waals surface area contributed by atoms with Gasteiger partial charge >= 0.3 is 18.1 Å². The lowest BCUT2D eigenvalue weighted by Crippen LogP contribution is -2.30. The number of alkyl halides is 3. The predicted molar refractivity (Wildman–Crippen MR) is 58.2 cm³/mol. The van der Waals surface area contributed by atoms with Crippen LogP contribution in [0.25, 0.3) is 0 Å². The Hall–Kier alpha value is -1.57. The zero-order valence-corrected chi connectivity index (χ0v) is 10.6. The van der Waals surface area contributed by atoms with Crippen LogP contribution in [0.15, 0.2) is 12.2 Å². The lowest BCUT2D eigenvalue weighted by Gasteiger charge is -2.16. The fraction of sp³-hybridized carbons (Fsp3) is 0.636. The van der Waals surface area contributed by atoms with Crippen molar-refractivity contribution < 1.29 is 37.0 Å². The Kier molecular flexibility index (Phi) is 7.13. The van der Waals surface area contributed by atoms with Crippen molar-refractivity contribution in [2.24, 2.45) is 0 Å². The van der Waals surface area contributed by atoms with Gasteiger partial charge in [-0.05, 0) is 13.8 Å². The molecule has 0 aromatic carbocycles. The average molecular weight is 284 g/mol. The first kappa shape index (κ1) is 17.4. The number of esters is 2. The summed E-state index contributed by atoms with van der Waals surface area (Å²) in [5, 5.41) is 0. The second-order valence-corrected chi connectivity index (χ2v) is 3.63. The van der Waals surface area contributed by atoms with Crippen molar-refractivity contribution in [1.29, 1.82) is 0 Å². The van der Waals surface area contributed by atoms with E-state index in [0.29, 0.717) is 0 Å². The van der Waals surface area contributed by atoms with Gasteiger partial charge < -0.3 is 14.2 Å². The molecule has 1 unspecified atom stereocenters. The van der Waals surface area contributed by atoms with Gasteiger partial charge in [-0.2, -0.15) is 13.2 Å². The van der Waals surface area contributed by atoms with Gasteiger partial charge in [0.2, 0.25) is 0 Å². The van der Waals surface area contributed by atoms with Crippen molar-refractivity contribution in [2.45, 2.75) is 26.1 Å². The number of hydrogen-bond donors (Lipinski definition) is 0. The molecule has 0 aromatic rings. The molecule has 0 fully saturated rings. The SMILES string of the molecule is C=C(C)C(=O)OCC(=O)OCCOC(C)C(F)(F)F. The Labute approximate surface area is 108 Å². The zero-order valence-electron chi connectivity index (χ0n) is 10.6. The molecule has 0 spiro atoms. The van der Waals surface area contributed by atoms with Gasteiger partial charge in [0.1, 0.15) is 6.61 Å². The third kappa shape index (κ3) is 8.20. The van der Waals surface area contributed by atoms with Gasteiger partial charge in [-0.1, -0.05) is 6.58 Å². The van der Waals surface area contributed by atoms with Crippen LogP contribution < -0.4 is 0 Å². The fourth-order valence-electron chi connectivity index (χ4n) is 0.764. The number of carbonyl (C=O) groups is 2. The van der Waals surface area contributed by atoms with Crippen LogP contribution in [0.5, 0.6) is 0 Å². The predicted octanol–water partition coefficient (Wildman–Crippen LogP) is 1.62. The van der Waals surface area contributed by atoms with Crippen molar-refractivity contribution >= 4 is 11.9 Å². The topological polar surface area (TPSA) is 61.8 Å². The first-order chi connectivity index (χ1) is 8.64. The number of carbonyl (C=O) groups excluding carboxylic acids is 2. The van der Waals surface area contributed by atoms with E-state index in [1.165, 1.54) is 6.92 Å². The minimum Gasteiger partial charge on any atom is -0.461 e. The van der Waals surface area contributed by atoms with Gasteiger partial charge in [-0.15, -0.1) is 0 Å². The minimum absolute atomic E-state index is 0.120. The normalized spacial score (nSPS) is 12.7. The van der Waals surface area contributed by atoms with Crippen LogP contribution in [-0.2, 0) is 23.8 Å². The molecule has 19 heavy (non-hydrogen) atoms. The maximum Gasteiger partial charge on any atom is 0.414 e. The summed E-state index contributed by atoms with van der Waals surface area (Å²) in [5.74, 6) is -1.63. The van der Waals surface area contributed by atoms with Crippen LogP contribution in [0.1, 0.15) is 13.8 Å². The summed E-state index contributed by atoms with van der Waals surface area (Å²) < 4.78 is 49.4. The van der Waals surface area contributed by atoms with E-state index in [2.05, 4.69) is 20.8 Å². The molecule has 8 heteroatoms. The Bertz CT molecular complexity index is 338. The lowest BCUT2D eigenvalue weighted by atomic mass is 10.4. The number of rotatable bonds is 7. The van der Waals surface area contributed by atoms with Crippen LogP contribution in [0.3, 0.4) is 0 Å². The van der Waals surface area contributed by atoms with Gasteiger partial charge in [-0.3, -0.25) is 0 Å². The molecule has 0 heterocycles. The fourth-order valence-corrected chi connectivity index (χ4v) is 0.764. The van der Waals surface area contributed by atoms with E-state index in [1.54, 1.807) is 0 Å². The van der Waals surface area contributed by atoms with Crippen LogP contribution in [-0.4, -0.2) is 44.0 Å². The number of halogens is 3. The summed E-state index contributed by atoms with van der Waals surface area (Å²) in [4.78, 5) is 21.9. The molecule has 0 aliphatic carbocycles. The highest BCUT2D eigenvalue weighted by Crippen LogP contribution is 2.21. The van der Waals surface area contributed by atoms with Crippen molar-refractivity contribution in [1.82, 2.24) is 0 Å². The highest BCUT2D eigenvalue weighted by molar-refractivity contribution is 5.88. The average Bonchev–Trinajstić information content (AvgIpc) is 2.29. The summed E-state index contributed by atoms with van der Waals surface area (Å²) in [7, 11) is 0. The Morgan fingerprint density at radius 2 is 1.79 bits per heavy atom. The van der Waals surface area contributed by atoms with Gasteiger partial charge in [-0.25, -0.2) is 9.59 Å². The third-order valence-corrected chi connectivity index (χ3v) is 1.84. The number of hydrogen-bond acceptors (Lipinski definition) is 5. The van der Waals surface area contributed by atoms with Gasteiger partial charge in [0.05, 0.1) is 6.61 Å². The molecule has 0 radical (unpaired) electrons. The lowest BCUT2D eigenvalue weighted by molar-refractivity contribution is -0.216. The Balaban J connectivity index is 3.70. The first-order valence-corrected chi connectivity index (χ1v) is 5.31. The van der Waals surface area contributed by atoms with Gasteiger partial charge in [0.15, 0.2) is 12.7 Å². The zero-order chi connectivity index (χ0) is 15.1. The molecule has 0 N–H and O–H groups in total. The molecule has 0 aliphatic rings. The van der Waals surface area contributed by atoms with E-state index >= 15 is 0 Å². The van der Waals surface area contributed by atoms with Crippen LogP contribution in [0, 0.1) is 0 Å². The van der Waals surface area contributed by atoms with E-state index in [4.69, 9.17) is 0 Å². The molecule has 110 valence electrons. The van der Waals surface area contributed by atoms with Gasteiger partial charge in [0, 0.05) is 5.57 Å². The monoisotopic (exact) mass is 284 g/mol. The molecule has 0 rings (SSSR count). The van der Waals surface area contributed by atoms with Crippen LogP contribution in [0.2, 0.25) is 0 Å². The van der Waals surface area contributed by atoms with E-state index in [9.17, 15) is 22.8 Å². The molecule has 0 aliphatic heterocycles. The van der Waals surface area contributed by atoms with Crippen LogP contribution in [0.4, 0.5) is 13.2 Å². The second kappa shape index (κ2) is 7.78. The first-order valence-electron chi connectivity index (χ1n) is 5.31. The maximum absolute atomic E-state index is 12.0. The van der Waals surface area contributed by atoms with Crippen molar-refractivity contribution in [3.8, 4) is 0 Å². The second-order valence-electron chi connectivity index (χ2n) is 3.63. The standard InChI is InChI=1S/C11H15F3O5/c1-7(2)10(16)19-6-9(15)18-5-4-17-8(3)11(12,13)14/h8H,1,4-6H2,2-3H3. The molecule has 0 aromatic heterocycles. The molecule has 0 saturated carbocycles. The van der Waals surface area contributed by atoms with E-state index in [1.807, 2.05) is 0 Å². The molecular weight excluding hydrogens is 269 g/mol. The Morgan fingerprint density at radius 1 is 1.21 bits per heavy atom. The van der Waals surface area contributed by atoms with E-state index in [-0.39, 0.29) is 12.2 Å². The number of ether oxygens (including phenoxy) is 3. The minimum atomic E-state index is -4.46. The summed E-state index contributed by atoms with van der Waals surface area (Å²) in [6.07, 6.45) is -6.39. The van der Waals surface area contributed by atoms with Crippen molar-refractivity contribution in [3.63, 3.8) is 0 Å². The summed E-state index contributed by atoms with van der Waals surface area (Å²) in [6, 6.07) is 0. The summed E-state index contributed by atoms with van der Waals surface area (Å²) in [6.45, 7) is 4.16.